The third kappa shape index (κ3) is 3.08. The Kier molecular flexibility index (Phi) is 3.53. The number of aryl methyl sites for hydroxylation is 1. The van der Waals surface area contributed by atoms with E-state index in [1.807, 2.05) is 25.3 Å². The van der Waals surface area contributed by atoms with Crippen LogP contribution in [-0.2, 0) is 6.54 Å². The molecule has 0 aromatic carbocycles. The van der Waals surface area contributed by atoms with Crippen LogP contribution in [0.1, 0.15) is 24.1 Å². The van der Waals surface area contributed by atoms with Crippen LogP contribution < -0.4 is 10.1 Å². The molecule has 1 fully saturated rings. The van der Waals surface area contributed by atoms with Gasteiger partial charge in [0.05, 0.1) is 12.3 Å². The summed E-state index contributed by atoms with van der Waals surface area (Å²) in [5, 5.41) is 8.01. The van der Waals surface area contributed by atoms with Crippen molar-refractivity contribution in [3.8, 4) is 5.88 Å². The van der Waals surface area contributed by atoms with Gasteiger partial charge in [0.2, 0.25) is 5.88 Å². The fourth-order valence-corrected chi connectivity index (χ4v) is 2.33. The van der Waals surface area contributed by atoms with Crippen molar-refractivity contribution < 1.29 is 9.26 Å². The normalized spacial score (nSPS) is 14.1. The predicted molar refractivity (Wildman–Crippen MR) is 84.1 cm³/mol. The average molecular weight is 311 g/mol. The number of hydrogen-bond acceptors (Lipinski definition) is 7. The Labute approximate surface area is 133 Å². The topological polar surface area (TPSA) is 86.0 Å². The van der Waals surface area contributed by atoms with Crippen molar-refractivity contribution in [2.75, 3.05) is 11.9 Å². The molecule has 0 saturated heterocycles. The van der Waals surface area contributed by atoms with Crippen molar-refractivity contribution >= 4 is 16.9 Å². The van der Waals surface area contributed by atoms with Crippen LogP contribution in [0.3, 0.4) is 0 Å². The highest BCUT2D eigenvalue weighted by molar-refractivity contribution is 5.87. The number of aromatic nitrogens is 4. The number of ether oxygens (including phenoxy) is 1. The van der Waals surface area contributed by atoms with Crippen molar-refractivity contribution in [2.45, 2.75) is 26.3 Å². The minimum absolute atomic E-state index is 0.488. The first kappa shape index (κ1) is 13.9. The van der Waals surface area contributed by atoms with E-state index in [0.29, 0.717) is 24.0 Å². The van der Waals surface area contributed by atoms with Crippen LogP contribution in [0, 0.1) is 12.8 Å². The number of nitrogens with zero attached hydrogens (tertiary/aromatic N) is 4. The summed E-state index contributed by atoms with van der Waals surface area (Å²) in [5.41, 5.74) is 2.30. The van der Waals surface area contributed by atoms with Crippen LogP contribution in [0.25, 0.3) is 11.1 Å². The Morgan fingerprint density at radius 3 is 2.96 bits per heavy atom. The van der Waals surface area contributed by atoms with Gasteiger partial charge in [-0.1, -0.05) is 11.2 Å². The Morgan fingerprint density at radius 2 is 2.17 bits per heavy atom. The standard InChI is InChI=1S/C16H17N5O2/c1-10-14-15(19-9-20-16(14)23-21-10)18-7-12-4-5-13(17-6-12)22-8-11-2-3-11/h4-6,9,11H,2-3,7-8H2,1H3,(H,18,19,20). The first-order valence-electron chi connectivity index (χ1n) is 7.68. The SMILES string of the molecule is Cc1noc2ncnc(NCc3ccc(OCC4CC4)nc3)c12. The van der Waals surface area contributed by atoms with Gasteiger partial charge in [0.25, 0.3) is 5.71 Å². The summed E-state index contributed by atoms with van der Waals surface area (Å²) in [4.78, 5) is 12.7. The fourth-order valence-electron chi connectivity index (χ4n) is 2.33. The van der Waals surface area contributed by atoms with E-state index in [1.54, 1.807) is 0 Å². The lowest BCUT2D eigenvalue weighted by molar-refractivity contribution is 0.288. The number of hydrogen-bond donors (Lipinski definition) is 1. The van der Waals surface area contributed by atoms with Gasteiger partial charge in [-0.3, -0.25) is 0 Å². The summed E-state index contributed by atoms with van der Waals surface area (Å²) in [6, 6.07) is 3.90. The summed E-state index contributed by atoms with van der Waals surface area (Å²) in [5.74, 6) is 2.12. The van der Waals surface area contributed by atoms with Crippen molar-refractivity contribution in [3.05, 3.63) is 35.9 Å². The molecule has 3 heterocycles. The molecular formula is C16H17N5O2. The molecule has 3 aromatic heterocycles. The van der Waals surface area contributed by atoms with Gasteiger partial charge >= 0.3 is 0 Å². The number of nitrogens with one attached hydrogen (secondary N) is 1. The van der Waals surface area contributed by atoms with Gasteiger partial charge in [0, 0.05) is 18.8 Å². The summed E-state index contributed by atoms with van der Waals surface area (Å²) in [6.07, 6.45) is 5.83. The Hall–Kier alpha value is -2.70. The predicted octanol–water partition coefficient (Wildman–Crippen LogP) is 2.72. The molecule has 0 amide bonds. The van der Waals surface area contributed by atoms with Crippen molar-refractivity contribution in [1.29, 1.82) is 0 Å². The van der Waals surface area contributed by atoms with Crippen LogP contribution >= 0.6 is 0 Å². The lowest BCUT2D eigenvalue weighted by Crippen LogP contribution is -2.04. The number of anilines is 1. The second-order valence-electron chi connectivity index (χ2n) is 5.78. The molecule has 1 aliphatic carbocycles. The minimum Gasteiger partial charge on any atom is -0.477 e. The first-order valence-corrected chi connectivity index (χ1v) is 7.68. The van der Waals surface area contributed by atoms with Gasteiger partial charge in [-0.25, -0.2) is 9.97 Å². The van der Waals surface area contributed by atoms with Crippen LogP contribution in [0.4, 0.5) is 5.82 Å². The van der Waals surface area contributed by atoms with E-state index in [9.17, 15) is 0 Å². The van der Waals surface area contributed by atoms with Gasteiger partial charge in [-0.15, -0.1) is 0 Å². The zero-order chi connectivity index (χ0) is 15.6. The van der Waals surface area contributed by atoms with E-state index < -0.39 is 0 Å². The summed E-state index contributed by atoms with van der Waals surface area (Å²) >= 11 is 0. The van der Waals surface area contributed by atoms with E-state index >= 15 is 0 Å². The molecule has 1 N–H and O–H groups in total. The van der Waals surface area contributed by atoms with Gasteiger partial charge < -0.3 is 14.6 Å². The molecule has 0 spiro atoms. The highest BCUT2D eigenvalue weighted by atomic mass is 16.5. The van der Waals surface area contributed by atoms with Crippen molar-refractivity contribution in [3.63, 3.8) is 0 Å². The summed E-state index contributed by atoms with van der Waals surface area (Å²) in [7, 11) is 0. The molecule has 0 aliphatic heterocycles. The van der Waals surface area contributed by atoms with E-state index in [-0.39, 0.29) is 0 Å². The summed E-state index contributed by atoms with van der Waals surface area (Å²) < 4.78 is 10.8. The molecule has 23 heavy (non-hydrogen) atoms. The van der Waals surface area contributed by atoms with Crippen molar-refractivity contribution in [2.24, 2.45) is 5.92 Å². The molecular weight excluding hydrogens is 294 g/mol. The molecule has 3 aromatic rings. The van der Waals surface area contributed by atoms with E-state index in [2.05, 4.69) is 25.4 Å². The smallest absolute Gasteiger partial charge is 0.263 e. The molecule has 1 aliphatic rings. The van der Waals surface area contributed by atoms with E-state index in [1.165, 1.54) is 19.2 Å². The molecule has 118 valence electrons. The molecule has 0 radical (unpaired) electrons. The van der Waals surface area contributed by atoms with Crippen LogP contribution in [0.2, 0.25) is 0 Å². The van der Waals surface area contributed by atoms with Gasteiger partial charge in [-0.2, -0.15) is 4.98 Å². The van der Waals surface area contributed by atoms with Gasteiger partial charge in [0.1, 0.15) is 17.5 Å². The Bertz CT molecular complexity index is 811. The quantitative estimate of drug-likeness (QED) is 0.749. The first-order chi connectivity index (χ1) is 11.3. The lowest BCUT2D eigenvalue weighted by atomic mass is 10.2. The lowest BCUT2D eigenvalue weighted by Gasteiger charge is -2.07. The van der Waals surface area contributed by atoms with E-state index in [0.717, 1.165) is 29.2 Å². The number of fused-ring (bicyclic) bond motifs is 1. The Balaban J connectivity index is 1.42. The second-order valence-corrected chi connectivity index (χ2v) is 5.78. The average Bonchev–Trinajstić information content (AvgIpc) is 3.34. The van der Waals surface area contributed by atoms with Crippen LogP contribution in [0.15, 0.2) is 29.2 Å². The third-order valence-electron chi connectivity index (χ3n) is 3.86. The zero-order valence-corrected chi connectivity index (χ0v) is 12.8. The molecule has 7 nitrogen and oxygen atoms in total. The fraction of sp³-hybridized carbons (Fsp3) is 0.375. The van der Waals surface area contributed by atoms with Crippen LogP contribution in [-0.4, -0.2) is 26.7 Å². The maximum atomic E-state index is 5.64. The van der Waals surface area contributed by atoms with Gasteiger partial charge in [-0.05, 0) is 31.2 Å². The molecule has 0 unspecified atom stereocenters. The van der Waals surface area contributed by atoms with Crippen LogP contribution in [0.5, 0.6) is 5.88 Å². The monoisotopic (exact) mass is 311 g/mol. The molecule has 1 saturated carbocycles. The molecule has 4 rings (SSSR count). The molecule has 7 heteroatoms. The second kappa shape index (κ2) is 5.83. The number of rotatable bonds is 6. The molecule has 0 atom stereocenters. The largest absolute Gasteiger partial charge is 0.477 e. The van der Waals surface area contributed by atoms with Gasteiger partial charge in [0.15, 0.2) is 0 Å². The van der Waals surface area contributed by atoms with Crippen molar-refractivity contribution in [1.82, 2.24) is 20.1 Å². The zero-order valence-electron chi connectivity index (χ0n) is 12.8. The highest BCUT2D eigenvalue weighted by Crippen LogP contribution is 2.29. The minimum atomic E-state index is 0.488. The highest BCUT2D eigenvalue weighted by Gasteiger charge is 2.22. The van der Waals surface area contributed by atoms with E-state index in [4.69, 9.17) is 9.26 Å². The summed E-state index contributed by atoms with van der Waals surface area (Å²) in [6.45, 7) is 3.25. The maximum absolute atomic E-state index is 5.64. The maximum Gasteiger partial charge on any atom is 0.263 e. The number of pyridine rings is 1. The molecule has 0 bridgehead atoms. The third-order valence-corrected chi connectivity index (χ3v) is 3.86. The Morgan fingerprint density at radius 1 is 1.26 bits per heavy atom.